The van der Waals surface area contributed by atoms with E-state index in [1.807, 2.05) is 0 Å². The zero-order chi connectivity index (χ0) is 25.8. The van der Waals surface area contributed by atoms with E-state index in [2.05, 4.69) is 0 Å². The van der Waals surface area contributed by atoms with Crippen LogP contribution in [0.4, 0.5) is 0 Å². The lowest BCUT2D eigenvalue weighted by Crippen LogP contribution is -2.60. The van der Waals surface area contributed by atoms with E-state index in [0.717, 1.165) is 0 Å². The van der Waals surface area contributed by atoms with Gasteiger partial charge in [0, 0.05) is 5.92 Å². The van der Waals surface area contributed by atoms with E-state index in [1.54, 1.807) is 6.08 Å². The molecule has 5 rings (SSSR count). The van der Waals surface area contributed by atoms with Gasteiger partial charge in [0.25, 0.3) is 0 Å². The Kier molecular flexibility index (Phi) is 6.59. The largest absolute Gasteiger partial charge is 0.504 e. The fourth-order valence-corrected chi connectivity index (χ4v) is 5.28. The summed E-state index contributed by atoms with van der Waals surface area (Å²) >= 11 is 0. The molecule has 0 bridgehead atoms. The van der Waals surface area contributed by atoms with Crippen molar-refractivity contribution in [3.8, 4) is 11.5 Å². The number of hydrogen-bond donors (Lipinski definition) is 6. The highest BCUT2D eigenvalue weighted by atomic mass is 16.8. The van der Waals surface area contributed by atoms with Gasteiger partial charge in [0.05, 0.1) is 38.1 Å². The van der Waals surface area contributed by atoms with Crippen molar-refractivity contribution in [2.24, 2.45) is 11.8 Å². The molecule has 0 spiro atoms. The Balaban J connectivity index is 1.35. The lowest BCUT2D eigenvalue weighted by molar-refractivity contribution is -0.344. The first kappa shape index (κ1) is 25.2. The molecule has 1 aliphatic carbocycles. The number of methoxy groups -OCH3 is 1. The number of benzene rings is 1. The summed E-state index contributed by atoms with van der Waals surface area (Å²) in [5, 5.41) is 59.8. The molecule has 0 amide bonds. The SMILES string of the molecule is COc1cc(C(=O)O[C@H]2C3C=COC(O[C@@H]4O[C@H](CO)[C@@H](O)[C@H](O)[C@H]4O)C3[C@@]3(CO)O[C@@H]23)ccc1O. The lowest BCUT2D eigenvalue weighted by Gasteiger charge is -2.43. The third-order valence-electron chi connectivity index (χ3n) is 7.26. The Morgan fingerprint density at radius 2 is 1.89 bits per heavy atom. The first-order chi connectivity index (χ1) is 17.2. The number of rotatable bonds is 7. The Morgan fingerprint density at radius 3 is 2.58 bits per heavy atom. The number of esters is 1. The van der Waals surface area contributed by atoms with Crippen LogP contribution in [0.15, 0.2) is 30.5 Å². The monoisotopic (exact) mass is 512 g/mol. The molecule has 1 aromatic rings. The van der Waals surface area contributed by atoms with E-state index in [9.17, 15) is 35.4 Å². The summed E-state index contributed by atoms with van der Waals surface area (Å²) in [4.78, 5) is 12.9. The van der Waals surface area contributed by atoms with E-state index in [4.69, 9.17) is 28.4 Å². The molecule has 4 aliphatic rings. The first-order valence-electron chi connectivity index (χ1n) is 11.4. The quantitative estimate of drug-likeness (QED) is 0.173. The molecule has 3 fully saturated rings. The molecule has 3 aliphatic heterocycles. The Labute approximate surface area is 205 Å². The third-order valence-corrected chi connectivity index (χ3v) is 7.26. The third kappa shape index (κ3) is 3.92. The van der Waals surface area contributed by atoms with Gasteiger partial charge in [-0.1, -0.05) is 0 Å². The second-order valence-corrected chi connectivity index (χ2v) is 9.18. The number of epoxide rings is 1. The van der Waals surface area contributed by atoms with E-state index >= 15 is 0 Å². The number of aromatic hydroxyl groups is 1. The maximum Gasteiger partial charge on any atom is 0.338 e. The molecule has 0 aromatic heterocycles. The summed E-state index contributed by atoms with van der Waals surface area (Å²) in [5.41, 5.74) is -1.03. The Bertz CT molecular complexity index is 1010. The van der Waals surface area contributed by atoms with Gasteiger partial charge in [-0.05, 0) is 24.3 Å². The van der Waals surface area contributed by atoms with E-state index in [1.165, 1.54) is 31.6 Å². The number of aliphatic hydroxyl groups excluding tert-OH is 5. The van der Waals surface area contributed by atoms with Crippen LogP contribution in [0.2, 0.25) is 0 Å². The van der Waals surface area contributed by atoms with Crippen molar-refractivity contribution in [1.82, 2.24) is 0 Å². The zero-order valence-corrected chi connectivity index (χ0v) is 19.1. The number of fused-ring (bicyclic) bond motifs is 3. The van der Waals surface area contributed by atoms with E-state index in [0.29, 0.717) is 0 Å². The lowest BCUT2D eigenvalue weighted by atomic mass is 9.85. The fraction of sp³-hybridized carbons (Fsp3) is 0.609. The van der Waals surface area contributed by atoms with Gasteiger partial charge in [0.15, 0.2) is 17.8 Å². The van der Waals surface area contributed by atoms with E-state index in [-0.39, 0.29) is 17.1 Å². The van der Waals surface area contributed by atoms with Crippen LogP contribution in [-0.2, 0) is 23.7 Å². The molecule has 1 saturated carbocycles. The molecule has 13 nitrogen and oxygen atoms in total. The van der Waals surface area contributed by atoms with E-state index < -0.39 is 85.8 Å². The van der Waals surface area contributed by atoms with Crippen molar-refractivity contribution >= 4 is 5.97 Å². The summed E-state index contributed by atoms with van der Waals surface area (Å²) < 4.78 is 33.4. The smallest absolute Gasteiger partial charge is 0.338 e. The molecule has 6 N–H and O–H groups in total. The normalized spacial score (nSPS) is 42.7. The van der Waals surface area contributed by atoms with Crippen molar-refractivity contribution in [1.29, 1.82) is 0 Å². The predicted octanol–water partition coefficient (Wildman–Crippen LogP) is -2.01. The van der Waals surface area contributed by atoms with Crippen molar-refractivity contribution in [3.63, 3.8) is 0 Å². The molecule has 3 heterocycles. The van der Waals surface area contributed by atoms with Crippen LogP contribution < -0.4 is 4.74 Å². The van der Waals surface area contributed by atoms with Gasteiger partial charge >= 0.3 is 5.97 Å². The predicted molar refractivity (Wildman–Crippen MR) is 114 cm³/mol. The molecule has 11 atom stereocenters. The summed E-state index contributed by atoms with van der Waals surface area (Å²) in [7, 11) is 1.35. The number of phenolic OH excluding ortho intramolecular Hbond substituents is 1. The molecule has 2 saturated heterocycles. The van der Waals surface area contributed by atoms with Crippen LogP contribution in [0, 0.1) is 11.8 Å². The van der Waals surface area contributed by atoms with Gasteiger partial charge in [0.1, 0.15) is 42.2 Å². The van der Waals surface area contributed by atoms with Gasteiger partial charge in [-0.25, -0.2) is 4.79 Å². The average molecular weight is 512 g/mol. The van der Waals surface area contributed by atoms with Crippen LogP contribution in [0.5, 0.6) is 11.5 Å². The molecule has 1 aromatic carbocycles. The zero-order valence-electron chi connectivity index (χ0n) is 19.1. The standard InChI is InChI=1S/C23H28O13/c1-31-12-6-9(2-3-11(12)26)20(30)34-18-10-4-5-32-21(14(10)23(8-25)19(18)36-23)35-22-17(29)16(28)15(27)13(7-24)33-22/h2-6,10,13-19,21-22,24-29H,7-8H2,1H3/t10?,13-,14?,15-,16+,17-,18+,19+,21?,22+,23-/m1/s1. The van der Waals surface area contributed by atoms with Gasteiger partial charge in [0.2, 0.25) is 6.29 Å². The molecular weight excluding hydrogens is 484 g/mol. The summed E-state index contributed by atoms with van der Waals surface area (Å²) in [6.07, 6.45) is -7.19. The minimum Gasteiger partial charge on any atom is -0.504 e. The van der Waals surface area contributed by atoms with Crippen molar-refractivity contribution in [2.45, 2.75) is 54.8 Å². The first-order valence-corrected chi connectivity index (χ1v) is 11.4. The maximum atomic E-state index is 12.9. The molecule has 3 unspecified atom stereocenters. The highest BCUT2D eigenvalue weighted by Gasteiger charge is 2.77. The molecule has 0 radical (unpaired) electrons. The number of ether oxygens (including phenoxy) is 6. The topological polar surface area (TPSA) is 197 Å². The van der Waals surface area contributed by atoms with Crippen molar-refractivity contribution < 1.29 is 63.9 Å². The summed E-state index contributed by atoms with van der Waals surface area (Å²) in [5.74, 6) is -1.95. The number of hydrogen-bond acceptors (Lipinski definition) is 13. The highest BCUT2D eigenvalue weighted by molar-refractivity contribution is 5.90. The summed E-state index contributed by atoms with van der Waals surface area (Å²) in [6, 6.07) is 4.02. The second kappa shape index (κ2) is 9.43. The molecule has 36 heavy (non-hydrogen) atoms. The van der Waals surface area contributed by atoms with Crippen LogP contribution in [0.25, 0.3) is 0 Å². The highest BCUT2D eigenvalue weighted by Crippen LogP contribution is 2.60. The minimum atomic E-state index is -1.66. The molecule has 198 valence electrons. The molecule has 13 heteroatoms. The number of aliphatic hydroxyl groups is 5. The second-order valence-electron chi connectivity index (χ2n) is 9.18. The van der Waals surface area contributed by atoms with Crippen LogP contribution in [0.3, 0.4) is 0 Å². The van der Waals surface area contributed by atoms with Gasteiger partial charge in [-0.2, -0.15) is 0 Å². The van der Waals surface area contributed by atoms with Crippen LogP contribution in [-0.4, -0.2) is 112 Å². The average Bonchev–Trinajstić information content (AvgIpc) is 3.56. The summed E-state index contributed by atoms with van der Waals surface area (Å²) in [6.45, 7) is -1.07. The van der Waals surface area contributed by atoms with Gasteiger partial charge < -0.3 is 59.1 Å². The van der Waals surface area contributed by atoms with Crippen LogP contribution in [0.1, 0.15) is 10.4 Å². The van der Waals surface area contributed by atoms with Crippen molar-refractivity contribution in [2.75, 3.05) is 20.3 Å². The van der Waals surface area contributed by atoms with Gasteiger partial charge in [-0.15, -0.1) is 0 Å². The Morgan fingerprint density at radius 1 is 1.11 bits per heavy atom. The fourth-order valence-electron chi connectivity index (χ4n) is 5.28. The van der Waals surface area contributed by atoms with Gasteiger partial charge in [-0.3, -0.25) is 0 Å². The minimum absolute atomic E-state index is 0.0973. The number of carbonyl (C=O) groups is 1. The number of phenols is 1. The van der Waals surface area contributed by atoms with Crippen molar-refractivity contribution in [3.05, 3.63) is 36.1 Å². The Hall–Kier alpha value is -2.49. The van der Waals surface area contributed by atoms with Crippen LogP contribution >= 0.6 is 0 Å². The number of carbonyl (C=O) groups excluding carboxylic acids is 1. The molecular formula is C23H28O13. The maximum absolute atomic E-state index is 12.9.